The maximum Gasteiger partial charge on any atom is 0.310 e. The van der Waals surface area contributed by atoms with Crippen LogP contribution in [0.2, 0.25) is 0 Å². The van der Waals surface area contributed by atoms with E-state index in [2.05, 4.69) is 11.8 Å². The molecule has 1 saturated heterocycles. The molecule has 1 atom stereocenters. The molecule has 0 saturated carbocycles. The first-order valence-electron chi connectivity index (χ1n) is 8.04. The average molecular weight is 301 g/mol. The number of piperidine rings is 1. The van der Waals surface area contributed by atoms with Crippen LogP contribution in [-0.4, -0.2) is 36.6 Å². The van der Waals surface area contributed by atoms with Crippen molar-refractivity contribution >= 4 is 16.9 Å². The van der Waals surface area contributed by atoms with Gasteiger partial charge in [-0.25, -0.2) is 0 Å². The van der Waals surface area contributed by atoms with Crippen LogP contribution in [0.1, 0.15) is 30.9 Å². The van der Waals surface area contributed by atoms with Crippen LogP contribution in [0, 0.1) is 6.92 Å². The number of benzene rings is 1. The summed E-state index contributed by atoms with van der Waals surface area (Å²) in [4.78, 5) is 14.5. The lowest BCUT2D eigenvalue weighted by molar-refractivity contribution is -0.150. The Morgan fingerprint density at radius 2 is 2.32 bits per heavy atom. The number of nitrogens with zero attached hydrogens (tertiary/aromatic N) is 1. The molecule has 1 aromatic heterocycles. The Morgan fingerprint density at radius 1 is 1.45 bits per heavy atom. The van der Waals surface area contributed by atoms with Gasteiger partial charge in [0.15, 0.2) is 0 Å². The van der Waals surface area contributed by atoms with Gasteiger partial charge < -0.3 is 9.15 Å². The van der Waals surface area contributed by atoms with Gasteiger partial charge >= 0.3 is 5.97 Å². The summed E-state index contributed by atoms with van der Waals surface area (Å²) in [5.74, 6) is -0.161. The molecule has 0 radical (unpaired) electrons. The van der Waals surface area contributed by atoms with Crippen LogP contribution in [0.3, 0.4) is 0 Å². The largest absolute Gasteiger partial charge is 0.464 e. The third-order valence-corrected chi connectivity index (χ3v) is 4.35. The molecule has 4 heteroatoms. The van der Waals surface area contributed by atoms with E-state index in [1.165, 1.54) is 0 Å². The van der Waals surface area contributed by atoms with E-state index in [-0.39, 0.29) is 18.5 Å². The Bertz CT molecular complexity index is 661. The van der Waals surface area contributed by atoms with Crippen molar-refractivity contribution in [3.05, 3.63) is 35.6 Å². The van der Waals surface area contributed by atoms with Crippen LogP contribution in [0.25, 0.3) is 11.0 Å². The van der Waals surface area contributed by atoms with E-state index in [0.717, 1.165) is 54.6 Å². The van der Waals surface area contributed by atoms with Gasteiger partial charge in [-0.15, -0.1) is 0 Å². The number of hydrogen-bond donors (Lipinski definition) is 0. The van der Waals surface area contributed by atoms with Crippen molar-refractivity contribution in [2.24, 2.45) is 0 Å². The summed E-state index contributed by atoms with van der Waals surface area (Å²) in [7, 11) is 0. The number of furan rings is 1. The SMILES string of the molecule is CCN1CCCC(OC(=O)Cc2coc3cc(C)ccc23)C1. The maximum atomic E-state index is 12.2. The van der Waals surface area contributed by atoms with Gasteiger partial charge in [-0.05, 0) is 44.5 Å². The Labute approximate surface area is 131 Å². The second-order valence-electron chi connectivity index (χ2n) is 6.08. The lowest BCUT2D eigenvalue weighted by atomic mass is 10.1. The Morgan fingerprint density at radius 3 is 3.14 bits per heavy atom. The number of likely N-dealkylation sites (tertiary alicyclic amines) is 1. The lowest BCUT2D eigenvalue weighted by Gasteiger charge is -2.31. The van der Waals surface area contributed by atoms with Crippen molar-refractivity contribution in [3.63, 3.8) is 0 Å². The van der Waals surface area contributed by atoms with Gasteiger partial charge in [0, 0.05) is 17.5 Å². The van der Waals surface area contributed by atoms with Crippen molar-refractivity contribution in [1.82, 2.24) is 4.90 Å². The van der Waals surface area contributed by atoms with E-state index < -0.39 is 0 Å². The van der Waals surface area contributed by atoms with Crippen LogP contribution < -0.4 is 0 Å². The molecular weight excluding hydrogens is 278 g/mol. The van der Waals surface area contributed by atoms with E-state index in [0.29, 0.717) is 0 Å². The van der Waals surface area contributed by atoms with Crippen LogP contribution in [0.5, 0.6) is 0 Å². The highest BCUT2D eigenvalue weighted by Crippen LogP contribution is 2.23. The minimum atomic E-state index is -0.161. The van der Waals surface area contributed by atoms with Gasteiger partial charge in [0.05, 0.1) is 12.7 Å². The zero-order valence-electron chi connectivity index (χ0n) is 13.3. The number of carbonyl (C=O) groups excluding carboxylic acids is 1. The molecule has 1 aliphatic rings. The van der Waals surface area contributed by atoms with Crippen molar-refractivity contribution in [3.8, 4) is 0 Å². The lowest BCUT2D eigenvalue weighted by Crippen LogP contribution is -2.40. The van der Waals surface area contributed by atoms with E-state index in [1.54, 1.807) is 6.26 Å². The van der Waals surface area contributed by atoms with E-state index in [9.17, 15) is 4.79 Å². The molecule has 2 aromatic rings. The summed E-state index contributed by atoms with van der Waals surface area (Å²) < 4.78 is 11.2. The molecule has 0 bridgehead atoms. The third kappa shape index (κ3) is 3.33. The molecule has 2 heterocycles. The molecule has 1 unspecified atom stereocenters. The summed E-state index contributed by atoms with van der Waals surface area (Å²) in [6.07, 6.45) is 4.04. The number of esters is 1. The monoisotopic (exact) mass is 301 g/mol. The Balaban J connectivity index is 1.63. The molecule has 1 aromatic carbocycles. The Hall–Kier alpha value is -1.81. The Kier molecular flexibility index (Phi) is 4.48. The van der Waals surface area contributed by atoms with Crippen molar-refractivity contribution in [1.29, 1.82) is 0 Å². The molecule has 4 nitrogen and oxygen atoms in total. The highest BCUT2D eigenvalue weighted by atomic mass is 16.5. The normalized spacial score (nSPS) is 19.5. The predicted molar refractivity (Wildman–Crippen MR) is 85.9 cm³/mol. The topological polar surface area (TPSA) is 42.7 Å². The number of rotatable bonds is 4. The number of fused-ring (bicyclic) bond motifs is 1. The van der Waals surface area contributed by atoms with E-state index in [1.807, 2.05) is 25.1 Å². The fourth-order valence-corrected chi connectivity index (χ4v) is 3.11. The fraction of sp³-hybridized carbons (Fsp3) is 0.500. The first kappa shape index (κ1) is 15.1. The number of carbonyl (C=O) groups is 1. The van der Waals surface area contributed by atoms with Crippen LogP contribution >= 0.6 is 0 Å². The number of aryl methyl sites for hydroxylation is 1. The smallest absolute Gasteiger partial charge is 0.310 e. The summed E-state index contributed by atoms with van der Waals surface area (Å²) in [6, 6.07) is 6.04. The zero-order chi connectivity index (χ0) is 15.5. The third-order valence-electron chi connectivity index (χ3n) is 4.35. The van der Waals surface area contributed by atoms with Crippen molar-refractivity contribution in [2.75, 3.05) is 19.6 Å². The molecule has 0 spiro atoms. The number of ether oxygens (including phenoxy) is 1. The van der Waals surface area contributed by atoms with Crippen LogP contribution in [0.15, 0.2) is 28.9 Å². The quantitative estimate of drug-likeness (QED) is 0.813. The summed E-state index contributed by atoms with van der Waals surface area (Å²) in [6.45, 7) is 7.14. The van der Waals surface area contributed by atoms with Gasteiger partial charge in [-0.1, -0.05) is 19.1 Å². The molecule has 0 amide bonds. The molecule has 3 rings (SSSR count). The molecule has 1 aliphatic heterocycles. The second kappa shape index (κ2) is 6.53. The molecule has 118 valence electrons. The summed E-state index contributed by atoms with van der Waals surface area (Å²) in [5, 5.41) is 1.00. The van der Waals surface area contributed by atoms with E-state index in [4.69, 9.17) is 9.15 Å². The minimum absolute atomic E-state index is 0.0293. The van der Waals surface area contributed by atoms with E-state index >= 15 is 0 Å². The summed E-state index contributed by atoms with van der Waals surface area (Å²) >= 11 is 0. The van der Waals surface area contributed by atoms with Gasteiger partial charge in [0.25, 0.3) is 0 Å². The zero-order valence-corrected chi connectivity index (χ0v) is 13.3. The summed E-state index contributed by atoms with van der Waals surface area (Å²) in [5.41, 5.74) is 2.89. The van der Waals surface area contributed by atoms with Crippen LogP contribution in [0.4, 0.5) is 0 Å². The first-order valence-corrected chi connectivity index (χ1v) is 8.04. The minimum Gasteiger partial charge on any atom is -0.464 e. The average Bonchev–Trinajstić information content (AvgIpc) is 2.89. The highest BCUT2D eigenvalue weighted by Gasteiger charge is 2.22. The molecule has 1 fully saturated rings. The van der Waals surface area contributed by atoms with Gasteiger partial charge in [0.1, 0.15) is 11.7 Å². The van der Waals surface area contributed by atoms with Crippen molar-refractivity contribution < 1.29 is 13.9 Å². The molecule has 0 aliphatic carbocycles. The molecular formula is C18H23NO3. The van der Waals surface area contributed by atoms with Gasteiger partial charge in [-0.3, -0.25) is 9.69 Å². The number of hydrogen-bond acceptors (Lipinski definition) is 4. The highest BCUT2D eigenvalue weighted by molar-refractivity contribution is 5.86. The molecule has 22 heavy (non-hydrogen) atoms. The van der Waals surface area contributed by atoms with Gasteiger partial charge in [0.2, 0.25) is 0 Å². The number of likely N-dealkylation sites (N-methyl/N-ethyl adjacent to an activating group) is 1. The molecule has 0 N–H and O–H groups in total. The second-order valence-corrected chi connectivity index (χ2v) is 6.08. The maximum absolute atomic E-state index is 12.2. The fourth-order valence-electron chi connectivity index (χ4n) is 3.11. The standard InChI is InChI=1S/C18H23NO3/c1-3-19-8-4-5-15(11-19)22-18(20)10-14-12-21-17-9-13(2)6-7-16(14)17/h6-7,9,12,15H,3-5,8,10-11H2,1-2H3. The van der Waals surface area contributed by atoms with Gasteiger partial charge in [-0.2, -0.15) is 0 Å². The van der Waals surface area contributed by atoms with Crippen LogP contribution in [-0.2, 0) is 16.0 Å². The first-order chi connectivity index (χ1) is 10.7. The predicted octanol–water partition coefficient (Wildman–Crippen LogP) is 3.31. The van der Waals surface area contributed by atoms with Crippen molar-refractivity contribution in [2.45, 2.75) is 39.2 Å².